The Morgan fingerprint density at radius 2 is 2.05 bits per heavy atom. The molecule has 19 heavy (non-hydrogen) atoms. The van der Waals surface area contributed by atoms with Gasteiger partial charge in [0.15, 0.2) is 0 Å². The van der Waals surface area contributed by atoms with Crippen LogP contribution in [0.5, 0.6) is 0 Å². The third-order valence-electron chi connectivity index (χ3n) is 3.02. The molecule has 0 aliphatic rings. The molecule has 5 nitrogen and oxygen atoms in total. The van der Waals surface area contributed by atoms with E-state index >= 15 is 0 Å². The number of hydrogen-bond donors (Lipinski definition) is 2. The van der Waals surface area contributed by atoms with Gasteiger partial charge in [-0.05, 0) is 30.5 Å². The van der Waals surface area contributed by atoms with Crippen molar-refractivity contribution < 1.29 is 4.79 Å². The highest BCUT2D eigenvalue weighted by Crippen LogP contribution is 2.26. The zero-order valence-corrected chi connectivity index (χ0v) is 11.2. The molecule has 1 aromatic heterocycles. The fourth-order valence-corrected chi connectivity index (χ4v) is 2.18. The minimum atomic E-state index is -0.604. The summed E-state index contributed by atoms with van der Waals surface area (Å²) in [4.78, 5) is 19.9. The van der Waals surface area contributed by atoms with Crippen LogP contribution in [0.4, 0.5) is 0 Å². The molecule has 2 aromatic rings. The van der Waals surface area contributed by atoms with Crippen molar-refractivity contribution in [2.75, 3.05) is 6.54 Å². The van der Waals surface area contributed by atoms with Crippen LogP contribution in [0.1, 0.15) is 41.6 Å². The van der Waals surface area contributed by atoms with Gasteiger partial charge in [0.25, 0.3) is 5.91 Å². The van der Waals surface area contributed by atoms with E-state index in [1.165, 1.54) is 0 Å². The average molecular weight is 258 g/mol. The quantitative estimate of drug-likeness (QED) is 0.865. The summed E-state index contributed by atoms with van der Waals surface area (Å²) < 4.78 is 0. The lowest BCUT2D eigenvalue weighted by atomic mass is 9.98. The van der Waals surface area contributed by atoms with Gasteiger partial charge in [-0.3, -0.25) is 4.79 Å². The lowest BCUT2D eigenvalue weighted by molar-refractivity contribution is 0.0990. The lowest BCUT2D eigenvalue weighted by Gasteiger charge is -2.13. The SMILES string of the molecule is CC(C)c1nc(C(N)=O)nc2cccc(CCN)c12. The summed E-state index contributed by atoms with van der Waals surface area (Å²) in [5.74, 6) is -0.350. The van der Waals surface area contributed by atoms with Gasteiger partial charge in [-0.1, -0.05) is 26.0 Å². The van der Waals surface area contributed by atoms with Gasteiger partial charge in [-0.2, -0.15) is 0 Å². The van der Waals surface area contributed by atoms with Crippen molar-refractivity contribution in [3.8, 4) is 0 Å². The Morgan fingerprint density at radius 3 is 2.63 bits per heavy atom. The predicted molar refractivity (Wildman–Crippen MR) is 74.9 cm³/mol. The van der Waals surface area contributed by atoms with Crippen LogP contribution >= 0.6 is 0 Å². The summed E-state index contributed by atoms with van der Waals surface area (Å²) >= 11 is 0. The molecule has 0 saturated heterocycles. The van der Waals surface area contributed by atoms with E-state index in [4.69, 9.17) is 11.5 Å². The molecular formula is C14H18N4O. The Balaban J connectivity index is 2.79. The van der Waals surface area contributed by atoms with Gasteiger partial charge >= 0.3 is 0 Å². The molecule has 0 fully saturated rings. The highest BCUT2D eigenvalue weighted by atomic mass is 16.1. The Kier molecular flexibility index (Phi) is 3.76. The summed E-state index contributed by atoms with van der Waals surface area (Å²) in [6.45, 7) is 4.63. The fourth-order valence-electron chi connectivity index (χ4n) is 2.18. The van der Waals surface area contributed by atoms with Gasteiger partial charge in [0.05, 0.1) is 11.2 Å². The number of carbonyl (C=O) groups excluding carboxylic acids is 1. The van der Waals surface area contributed by atoms with Crippen LogP contribution in [0.3, 0.4) is 0 Å². The average Bonchev–Trinajstić information content (AvgIpc) is 2.37. The van der Waals surface area contributed by atoms with E-state index in [1.807, 2.05) is 32.0 Å². The normalized spacial score (nSPS) is 11.2. The third kappa shape index (κ3) is 2.56. The first kappa shape index (κ1) is 13.4. The molecular weight excluding hydrogens is 240 g/mol. The lowest BCUT2D eigenvalue weighted by Crippen LogP contribution is -2.17. The molecule has 0 spiro atoms. The van der Waals surface area contributed by atoms with E-state index in [9.17, 15) is 4.79 Å². The van der Waals surface area contributed by atoms with E-state index in [-0.39, 0.29) is 11.7 Å². The Labute approximate surface area is 112 Å². The Morgan fingerprint density at radius 1 is 1.32 bits per heavy atom. The minimum Gasteiger partial charge on any atom is -0.363 e. The molecule has 100 valence electrons. The van der Waals surface area contributed by atoms with Gasteiger partial charge in [0.2, 0.25) is 5.82 Å². The molecule has 1 heterocycles. The van der Waals surface area contributed by atoms with E-state index in [2.05, 4.69) is 9.97 Å². The number of primary amides is 1. The smallest absolute Gasteiger partial charge is 0.286 e. The molecule has 0 aliphatic carbocycles. The second kappa shape index (κ2) is 5.32. The summed E-state index contributed by atoms with van der Waals surface area (Å²) in [7, 11) is 0. The maximum Gasteiger partial charge on any atom is 0.286 e. The predicted octanol–water partition coefficient (Wildman–Crippen LogP) is 1.35. The number of carbonyl (C=O) groups is 1. The molecule has 1 aromatic carbocycles. The second-order valence-corrected chi connectivity index (χ2v) is 4.80. The molecule has 1 amide bonds. The van der Waals surface area contributed by atoms with Crippen LogP contribution < -0.4 is 11.5 Å². The first-order valence-electron chi connectivity index (χ1n) is 6.34. The van der Waals surface area contributed by atoms with Crippen LogP contribution in [-0.4, -0.2) is 22.4 Å². The van der Waals surface area contributed by atoms with Crippen molar-refractivity contribution in [2.24, 2.45) is 11.5 Å². The number of hydrogen-bond acceptors (Lipinski definition) is 4. The monoisotopic (exact) mass is 258 g/mol. The van der Waals surface area contributed by atoms with Crippen LogP contribution in [0, 0.1) is 0 Å². The number of nitrogens with zero attached hydrogens (tertiary/aromatic N) is 2. The highest BCUT2D eigenvalue weighted by Gasteiger charge is 2.16. The number of nitrogens with two attached hydrogens (primary N) is 2. The van der Waals surface area contributed by atoms with Gasteiger partial charge in [-0.25, -0.2) is 9.97 Å². The van der Waals surface area contributed by atoms with E-state index in [0.29, 0.717) is 6.54 Å². The number of fused-ring (bicyclic) bond motifs is 1. The van der Waals surface area contributed by atoms with E-state index < -0.39 is 5.91 Å². The second-order valence-electron chi connectivity index (χ2n) is 4.80. The molecule has 0 atom stereocenters. The standard InChI is InChI=1S/C14H18N4O/c1-8(2)12-11-9(6-7-15)4-3-5-10(11)17-14(18-12)13(16)19/h3-5,8H,6-7,15H2,1-2H3,(H2,16,19). The zero-order valence-electron chi connectivity index (χ0n) is 11.2. The van der Waals surface area contributed by atoms with Crippen molar-refractivity contribution >= 4 is 16.8 Å². The van der Waals surface area contributed by atoms with Crippen LogP contribution in [0.15, 0.2) is 18.2 Å². The Hall–Kier alpha value is -2.01. The largest absolute Gasteiger partial charge is 0.363 e. The summed E-state index contributed by atoms with van der Waals surface area (Å²) in [5, 5.41) is 0.993. The molecule has 0 saturated carbocycles. The molecule has 0 unspecified atom stereocenters. The number of rotatable bonds is 4. The first-order chi connectivity index (χ1) is 9.04. The molecule has 0 aliphatic heterocycles. The molecule has 0 radical (unpaired) electrons. The van der Waals surface area contributed by atoms with Crippen molar-refractivity contribution in [1.29, 1.82) is 0 Å². The fraction of sp³-hybridized carbons (Fsp3) is 0.357. The van der Waals surface area contributed by atoms with Gasteiger partial charge < -0.3 is 11.5 Å². The maximum atomic E-state index is 11.3. The third-order valence-corrected chi connectivity index (χ3v) is 3.02. The van der Waals surface area contributed by atoms with Gasteiger partial charge in [-0.15, -0.1) is 0 Å². The summed E-state index contributed by atoms with van der Waals surface area (Å²) in [6, 6.07) is 5.80. The first-order valence-corrected chi connectivity index (χ1v) is 6.34. The molecule has 4 N–H and O–H groups in total. The Bertz CT molecular complexity index is 622. The van der Waals surface area contributed by atoms with Gasteiger partial charge in [0.1, 0.15) is 0 Å². The topological polar surface area (TPSA) is 94.9 Å². The number of benzene rings is 1. The van der Waals surface area contributed by atoms with Crippen molar-refractivity contribution in [1.82, 2.24) is 9.97 Å². The number of aromatic nitrogens is 2. The molecule has 0 bridgehead atoms. The molecule has 2 rings (SSSR count). The van der Waals surface area contributed by atoms with Crippen LogP contribution in [-0.2, 0) is 6.42 Å². The van der Waals surface area contributed by atoms with Crippen molar-refractivity contribution in [3.63, 3.8) is 0 Å². The van der Waals surface area contributed by atoms with E-state index in [0.717, 1.165) is 28.6 Å². The van der Waals surface area contributed by atoms with Crippen LogP contribution in [0.25, 0.3) is 10.9 Å². The molecule has 5 heteroatoms. The van der Waals surface area contributed by atoms with E-state index in [1.54, 1.807) is 0 Å². The minimum absolute atomic E-state index is 0.0705. The van der Waals surface area contributed by atoms with Crippen molar-refractivity contribution in [2.45, 2.75) is 26.2 Å². The van der Waals surface area contributed by atoms with Gasteiger partial charge in [0, 0.05) is 5.39 Å². The maximum absolute atomic E-state index is 11.3. The van der Waals surface area contributed by atoms with Crippen molar-refractivity contribution in [3.05, 3.63) is 35.3 Å². The number of amides is 1. The zero-order chi connectivity index (χ0) is 14.0. The summed E-state index contributed by atoms with van der Waals surface area (Å²) in [6.07, 6.45) is 0.760. The van der Waals surface area contributed by atoms with Crippen LogP contribution in [0.2, 0.25) is 0 Å². The highest BCUT2D eigenvalue weighted by molar-refractivity contribution is 5.93. The summed E-state index contributed by atoms with van der Waals surface area (Å²) in [5.41, 5.74) is 13.6.